The standard InChI is InChI=1S/C19H32N4OS/c1-19(11-8-12-25-19)14-22-18(20-2)21-13-16(23(3)4)15-9-6-7-10-17(15)24-5/h6-7,9-10,16H,8,11-14H2,1-5H3,(H2,20,21,22). The third kappa shape index (κ3) is 5.54. The second-order valence-corrected chi connectivity index (χ2v) is 8.61. The lowest BCUT2D eigenvalue weighted by Crippen LogP contribution is -2.45. The van der Waals surface area contributed by atoms with Gasteiger partial charge in [0.15, 0.2) is 5.96 Å². The number of nitrogens with one attached hydrogen (secondary N) is 2. The topological polar surface area (TPSA) is 48.9 Å². The fourth-order valence-electron chi connectivity index (χ4n) is 3.17. The summed E-state index contributed by atoms with van der Waals surface area (Å²) in [5.74, 6) is 3.04. The fraction of sp³-hybridized carbons (Fsp3) is 0.632. The number of likely N-dealkylation sites (N-methyl/N-ethyl adjacent to an activating group) is 1. The molecule has 2 rings (SSSR count). The van der Waals surface area contributed by atoms with E-state index >= 15 is 0 Å². The van der Waals surface area contributed by atoms with Crippen LogP contribution in [0.5, 0.6) is 5.75 Å². The van der Waals surface area contributed by atoms with Gasteiger partial charge in [-0.05, 0) is 45.7 Å². The van der Waals surface area contributed by atoms with E-state index in [1.54, 1.807) is 7.11 Å². The minimum atomic E-state index is 0.200. The molecule has 140 valence electrons. The molecule has 0 radical (unpaired) electrons. The average Bonchev–Trinajstić information content (AvgIpc) is 3.04. The summed E-state index contributed by atoms with van der Waals surface area (Å²) in [4.78, 5) is 6.58. The van der Waals surface area contributed by atoms with Crippen LogP contribution in [0.25, 0.3) is 0 Å². The van der Waals surface area contributed by atoms with Gasteiger partial charge < -0.3 is 20.3 Å². The van der Waals surface area contributed by atoms with E-state index in [-0.39, 0.29) is 6.04 Å². The van der Waals surface area contributed by atoms with Crippen LogP contribution in [0.15, 0.2) is 29.3 Å². The van der Waals surface area contributed by atoms with Crippen molar-refractivity contribution in [2.45, 2.75) is 30.6 Å². The van der Waals surface area contributed by atoms with E-state index in [2.05, 4.69) is 65.4 Å². The summed E-state index contributed by atoms with van der Waals surface area (Å²) < 4.78 is 5.86. The minimum Gasteiger partial charge on any atom is -0.496 e. The molecule has 1 aliphatic rings. The molecule has 25 heavy (non-hydrogen) atoms. The van der Waals surface area contributed by atoms with Crippen LogP contribution in [0.3, 0.4) is 0 Å². The molecule has 0 aromatic heterocycles. The van der Waals surface area contributed by atoms with Crippen LogP contribution in [-0.2, 0) is 0 Å². The Bertz CT molecular complexity index is 570. The van der Waals surface area contributed by atoms with Gasteiger partial charge >= 0.3 is 0 Å². The molecule has 1 aromatic carbocycles. The first-order valence-corrected chi connectivity index (χ1v) is 9.85. The molecule has 2 unspecified atom stereocenters. The number of thioether (sulfide) groups is 1. The summed E-state index contributed by atoms with van der Waals surface area (Å²) in [6.45, 7) is 4.04. The van der Waals surface area contributed by atoms with E-state index in [1.807, 2.05) is 19.2 Å². The lowest BCUT2D eigenvalue weighted by atomic mass is 10.0. The van der Waals surface area contributed by atoms with Crippen LogP contribution >= 0.6 is 11.8 Å². The third-order valence-electron chi connectivity index (χ3n) is 4.74. The quantitative estimate of drug-likeness (QED) is 0.575. The Kier molecular flexibility index (Phi) is 7.44. The number of benzene rings is 1. The highest BCUT2D eigenvalue weighted by molar-refractivity contribution is 8.00. The number of hydrogen-bond acceptors (Lipinski definition) is 4. The van der Waals surface area contributed by atoms with Gasteiger partial charge in [-0.2, -0.15) is 11.8 Å². The maximum Gasteiger partial charge on any atom is 0.191 e. The van der Waals surface area contributed by atoms with Crippen LogP contribution in [0.2, 0.25) is 0 Å². The van der Waals surface area contributed by atoms with Gasteiger partial charge in [0.25, 0.3) is 0 Å². The average molecular weight is 365 g/mol. The van der Waals surface area contributed by atoms with Crippen LogP contribution in [-0.4, -0.2) is 62.7 Å². The van der Waals surface area contributed by atoms with Gasteiger partial charge in [-0.3, -0.25) is 4.99 Å². The largest absolute Gasteiger partial charge is 0.496 e. The molecule has 0 amide bonds. The van der Waals surface area contributed by atoms with Gasteiger partial charge in [0.05, 0.1) is 13.2 Å². The van der Waals surface area contributed by atoms with E-state index in [0.29, 0.717) is 4.75 Å². The Morgan fingerprint density at radius 3 is 2.72 bits per heavy atom. The summed E-state index contributed by atoms with van der Waals surface area (Å²) in [5.41, 5.74) is 1.18. The van der Waals surface area contributed by atoms with Crippen LogP contribution in [0.1, 0.15) is 31.4 Å². The van der Waals surface area contributed by atoms with Gasteiger partial charge in [-0.15, -0.1) is 0 Å². The monoisotopic (exact) mass is 364 g/mol. The Morgan fingerprint density at radius 1 is 1.36 bits per heavy atom. The Morgan fingerprint density at radius 2 is 2.12 bits per heavy atom. The molecular formula is C19H32N4OS. The molecular weight excluding hydrogens is 332 g/mol. The van der Waals surface area contributed by atoms with Crippen molar-refractivity contribution in [3.05, 3.63) is 29.8 Å². The predicted molar refractivity (Wildman–Crippen MR) is 109 cm³/mol. The number of guanidine groups is 1. The molecule has 1 saturated heterocycles. The molecule has 0 aliphatic carbocycles. The van der Waals surface area contributed by atoms with Crippen LogP contribution < -0.4 is 15.4 Å². The lowest BCUT2D eigenvalue weighted by Gasteiger charge is -2.28. The molecule has 1 aromatic rings. The van der Waals surface area contributed by atoms with E-state index in [9.17, 15) is 0 Å². The first kappa shape index (κ1) is 19.9. The summed E-state index contributed by atoms with van der Waals surface area (Å²) in [6, 6.07) is 8.39. The Hall–Kier alpha value is -1.40. The molecule has 0 spiro atoms. The zero-order valence-corrected chi connectivity index (χ0v) is 16.9. The molecule has 1 aliphatic heterocycles. The SMILES string of the molecule is CN=C(NCC(c1ccccc1OC)N(C)C)NCC1(C)CCCS1. The zero-order chi connectivity index (χ0) is 18.3. The van der Waals surface area contributed by atoms with E-state index < -0.39 is 0 Å². The predicted octanol–water partition coefficient (Wildman–Crippen LogP) is 2.75. The molecule has 1 fully saturated rings. The second kappa shape index (κ2) is 9.34. The van der Waals surface area contributed by atoms with E-state index in [0.717, 1.165) is 24.8 Å². The highest BCUT2D eigenvalue weighted by Crippen LogP contribution is 2.36. The van der Waals surface area contributed by atoms with Crippen molar-refractivity contribution in [1.82, 2.24) is 15.5 Å². The lowest BCUT2D eigenvalue weighted by molar-refractivity contribution is 0.287. The van der Waals surface area contributed by atoms with Crippen molar-refractivity contribution in [2.24, 2.45) is 4.99 Å². The first-order chi connectivity index (χ1) is 12.0. The highest BCUT2D eigenvalue weighted by atomic mass is 32.2. The summed E-state index contributed by atoms with van der Waals surface area (Å²) in [6.07, 6.45) is 2.58. The number of nitrogens with zero attached hydrogens (tertiary/aromatic N) is 2. The summed E-state index contributed by atoms with van der Waals surface area (Å²) >= 11 is 2.06. The molecule has 1 heterocycles. The minimum absolute atomic E-state index is 0.200. The molecule has 2 N–H and O–H groups in total. The van der Waals surface area contributed by atoms with Gasteiger partial charge in [-0.1, -0.05) is 18.2 Å². The Labute approximate surface area is 156 Å². The van der Waals surface area contributed by atoms with Crippen molar-refractivity contribution < 1.29 is 4.74 Å². The maximum absolute atomic E-state index is 5.53. The highest BCUT2D eigenvalue weighted by Gasteiger charge is 2.29. The Balaban J connectivity index is 1.97. The third-order valence-corrected chi connectivity index (χ3v) is 6.28. The smallest absolute Gasteiger partial charge is 0.191 e. The van der Waals surface area contributed by atoms with Crippen molar-refractivity contribution in [2.75, 3.05) is 47.1 Å². The molecule has 0 bridgehead atoms. The maximum atomic E-state index is 5.53. The summed E-state index contributed by atoms with van der Waals surface area (Å²) in [5, 5.41) is 6.97. The number of ether oxygens (including phenoxy) is 1. The number of hydrogen-bond donors (Lipinski definition) is 2. The first-order valence-electron chi connectivity index (χ1n) is 8.87. The van der Waals surface area contributed by atoms with E-state index in [4.69, 9.17) is 4.74 Å². The van der Waals surface area contributed by atoms with Gasteiger partial charge in [-0.25, -0.2) is 0 Å². The van der Waals surface area contributed by atoms with Crippen molar-refractivity contribution in [3.8, 4) is 5.75 Å². The number of aliphatic imine (C=N–C) groups is 1. The van der Waals surface area contributed by atoms with Crippen molar-refractivity contribution >= 4 is 17.7 Å². The van der Waals surface area contributed by atoms with Crippen LogP contribution in [0.4, 0.5) is 0 Å². The molecule has 0 saturated carbocycles. The molecule has 6 heteroatoms. The number of rotatable bonds is 7. The van der Waals surface area contributed by atoms with Crippen molar-refractivity contribution in [1.29, 1.82) is 0 Å². The summed E-state index contributed by atoms with van der Waals surface area (Å²) in [7, 11) is 7.73. The number of para-hydroxylation sites is 1. The fourth-order valence-corrected chi connectivity index (χ4v) is 4.42. The molecule has 5 nitrogen and oxygen atoms in total. The van der Waals surface area contributed by atoms with E-state index in [1.165, 1.54) is 24.2 Å². The zero-order valence-electron chi connectivity index (χ0n) is 16.1. The molecule has 2 atom stereocenters. The number of methoxy groups -OCH3 is 1. The second-order valence-electron chi connectivity index (χ2n) is 6.93. The van der Waals surface area contributed by atoms with Crippen molar-refractivity contribution in [3.63, 3.8) is 0 Å². The van der Waals surface area contributed by atoms with Crippen LogP contribution in [0, 0.1) is 0 Å². The van der Waals surface area contributed by atoms with Gasteiger partial charge in [0.1, 0.15) is 5.75 Å². The van der Waals surface area contributed by atoms with Gasteiger partial charge in [0.2, 0.25) is 0 Å². The van der Waals surface area contributed by atoms with Gasteiger partial charge in [0, 0.05) is 30.4 Å². The normalized spacial score (nSPS) is 22.1.